The van der Waals surface area contributed by atoms with Crippen molar-refractivity contribution in [2.75, 3.05) is 18.5 Å². The van der Waals surface area contributed by atoms with E-state index >= 15 is 0 Å². The summed E-state index contributed by atoms with van der Waals surface area (Å²) >= 11 is 0. The second-order valence-electron chi connectivity index (χ2n) is 8.60. The Kier molecular flexibility index (Phi) is 14.1. The van der Waals surface area contributed by atoms with Gasteiger partial charge in [-0.15, -0.1) is 0 Å². The standard InChI is InChI=1S/C26H41N3O5/c1-2-3-4-5-6-7-8-9-10-11-12-13-14-15-16-17-23(31)27-22-18-19-29(26(32)28-22)24-21-33-25(20-30)34-24/h9-10,16-19,24-25,30H,2-8,11-15,20-21H2,1H3,(H,27,28,31,32)/b10-9+,17-16+. The second kappa shape index (κ2) is 17.2. The van der Waals surface area contributed by atoms with E-state index in [1.807, 2.05) is 6.08 Å². The number of allylic oxidation sites excluding steroid dienone is 3. The van der Waals surface area contributed by atoms with Crippen LogP contribution in [0.4, 0.5) is 5.82 Å². The third-order valence-electron chi connectivity index (χ3n) is 5.68. The van der Waals surface area contributed by atoms with Gasteiger partial charge in [0.2, 0.25) is 5.91 Å². The summed E-state index contributed by atoms with van der Waals surface area (Å²) in [6.07, 6.45) is 22.6. The zero-order chi connectivity index (χ0) is 24.4. The molecule has 0 aromatic carbocycles. The first kappa shape index (κ1) is 28.0. The van der Waals surface area contributed by atoms with E-state index < -0.39 is 18.2 Å². The van der Waals surface area contributed by atoms with E-state index in [2.05, 4.69) is 29.4 Å². The van der Waals surface area contributed by atoms with E-state index in [9.17, 15) is 9.59 Å². The van der Waals surface area contributed by atoms with Crippen molar-refractivity contribution in [2.45, 2.75) is 96.5 Å². The maximum Gasteiger partial charge on any atom is 0.351 e. The predicted molar refractivity (Wildman–Crippen MR) is 133 cm³/mol. The zero-order valence-electron chi connectivity index (χ0n) is 20.5. The van der Waals surface area contributed by atoms with Crippen molar-refractivity contribution in [1.29, 1.82) is 0 Å². The molecule has 1 aliphatic heterocycles. The Morgan fingerprint density at radius 2 is 1.74 bits per heavy atom. The summed E-state index contributed by atoms with van der Waals surface area (Å²) in [6, 6.07) is 1.53. The van der Waals surface area contributed by atoms with Crippen LogP contribution in [0.25, 0.3) is 0 Å². The molecule has 1 aliphatic rings. The molecule has 8 heteroatoms. The molecule has 0 bridgehead atoms. The van der Waals surface area contributed by atoms with Gasteiger partial charge >= 0.3 is 5.69 Å². The molecular formula is C26H41N3O5. The minimum absolute atomic E-state index is 0.150. The van der Waals surface area contributed by atoms with Crippen LogP contribution in [-0.2, 0) is 14.3 Å². The molecule has 1 saturated heterocycles. The molecule has 2 rings (SSSR count). The number of aromatic nitrogens is 2. The third-order valence-corrected chi connectivity index (χ3v) is 5.68. The predicted octanol–water partition coefficient (Wildman–Crippen LogP) is 4.86. The van der Waals surface area contributed by atoms with Crippen molar-refractivity contribution < 1.29 is 19.4 Å². The highest BCUT2D eigenvalue weighted by Gasteiger charge is 2.27. The summed E-state index contributed by atoms with van der Waals surface area (Å²) < 4.78 is 11.8. The molecule has 1 amide bonds. The lowest BCUT2D eigenvalue weighted by atomic mass is 10.1. The van der Waals surface area contributed by atoms with Crippen LogP contribution in [-0.4, -0.2) is 40.1 Å². The largest absolute Gasteiger partial charge is 0.391 e. The number of ether oxygens (including phenoxy) is 2. The van der Waals surface area contributed by atoms with Crippen LogP contribution >= 0.6 is 0 Å². The van der Waals surface area contributed by atoms with Crippen LogP contribution in [0.3, 0.4) is 0 Å². The maximum absolute atomic E-state index is 12.2. The molecule has 34 heavy (non-hydrogen) atoms. The van der Waals surface area contributed by atoms with Gasteiger partial charge in [-0.3, -0.25) is 9.36 Å². The normalized spacial score (nSPS) is 18.3. The number of amides is 1. The van der Waals surface area contributed by atoms with E-state index in [0.29, 0.717) is 0 Å². The van der Waals surface area contributed by atoms with E-state index in [1.54, 1.807) is 0 Å². The van der Waals surface area contributed by atoms with Gasteiger partial charge in [0.1, 0.15) is 5.82 Å². The first-order valence-electron chi connectivity index (χ1n) is 12.7. The highest BCUT2D eigenvalue weighted by molar-refractivity contribution is 5.98. The molecule has 1 aromatic heterocycles. The van der Waals surface area contributed by atoms with Crippen molar-refractivity contribution >= 4 is 11.7 Å². The molecule has 1 fully saturated rings. The number of rotatable bonds is 17. The zero-order valence-corrected chi connectivity index (χ0v) is 20.5. The number of nitrogens with zero attached hydrogens (tertiary/aromatic N) is 2. The minimum Gasteiger partial charge on any atom is -0.391 e. The van der Waals surface area contributed by atoms with Crippen molar-refractivity contribution in [2.24, 2.45) is 0 Å². The van der Waals surface area contributed by atoms with Crippen LogP contribution < -0.4 is 11.0 Å². The second-order valence-corrected chi connectivity index (χ2v) is 8.60. The quantitative estimate of drug-likeness (QED) is 0.189. The number of aliphatic hydroxyl groups is 1. The van der Waals surface area contributed by atoms with Crippen molar-refractivity contribution in [3.63, 3.8) is 0 Å². The van der Waals surface area contributed by atoms with Gasteiger partial charge in [-0.25, -0.2) is 4.79 Å². The van der Waals surface area contributed by atoms with Crippen molar-refractivity contribution in [3.05, 3.63) is 47.1 Å². The Morgan fingerprint density at radius 1 is 1.09 bits per heavy atom. The number of carbonyl (C=O) groups is 1. The molecule has 0 saturated carbocycles. The Balaban J connectivity index is 1.53. The van der Waals surface area contributed by atoms with Gasteiger partial charge in [-0.05, 0) is 50.7 Å². The smallest absolute Gasteiger partial charge is 0.351 e. The topological polar surface area (TPSA) is 103 Å². The Bertz CT molecular complexity index is 821. The van der Waals surface area contributed by atoms with Gasteiger partial charge < -0.3 is 19.9 Å². The summed E-state index contributed by atoms with van der Waals surface area (Å²) in [6.45, 7) is 2.12. The van der Waals surface area contributed by atoms with Gasteiger partial charge in [-0.1, -0.05) is 63.7 Å². The van der Waals surface area contributed by atoms with Crippen molar-refractivity contribution in [3.8, 4) is 0 Å². The number of carbonyl (C=O) groups excluding carboxylic acids is 1. The Labute approximate surface area is 203 Å². The van der Waals surface area contributed by atoms with Gasteiger partial charge in [0.25, 0.3) is 0 Å². The average Bonchev–Trinajstić information content (AvgIpc) is 3.30. The fraction of sp³-hybridized carbons (Fsp3) is 0.654. The molecular weight excluding hydrogens is 434 g/mol. The fourth-order valence-electron chi connectivity index (χ4n) is 3.72. The van der Waals surface area contributed by atoms with Crippen LogP contribution in [0.15, 0.2) is 41.4 Å². The summed E-state index contributed by atoms with van der Waals surface area (Å²) in [5.74, 6) is -0.135. The molecule has 8 nitrogen and oxygen atoms in total. The molecule has 0 aliphatic carbocycles. The fourth-order valence-corrected chi connectivity index (χ4v) is 3.72. The molecule has 2 N–H and O–H groups in total. The van der Waals surface area contributed by atoms with Crippen LogP contribution in [0.2, 0.25) is 0 Å². The monoisotopic (exact) mass is 475 g/mol. The number of unbranched alkanes of at least 4 members (excludes halogenated alkanes) is 10. The molecule has 2 heterocycles. The number of nitrogens with one attached hydrogen (secondary N) is 1. The molecule has 2 unspecified atom stereocenters. The van der Waals surface area contributed by atoms with E-state index in [0.717, 1.165) is 25.7 Å². The minimum atomic E-state index is -0.743. The van der Waals surface area contributed by atoms with Gasteiger partial charge in [0.15, 0.2) is 12.5 Å². The Morgan fingerprint density at radius 3 is 2.38 bits per heavy atom. The molecule has 0 spiro atoms. The van der Waals surface area contributed by atoms with Crippen molar-refractivity contribution in [1.82, 2.24) is 9.55 Å². The first-order valence-corrected chi connectivity index (χ1v) is 12.7. The third kappa shape index (κ3) is 11.2. The lowest BCUT2D eigenvalue weighted by Gasteiger charge is -2.12. The summed E-state index contributed by atoms with van der Waals surface area (Å²) in [5, 5.41) is 11.6. The number of aliphatic hydroxyl groups excluding tert-OH is 1. The highest BCUT2D eigenvalue weighted by atomic mass is 16.7. The summed E-state index contributed by atoms with van der Waals surface area (Å²) in [4.78, 5) is 28.1. The maximum atomic E-state index is 12.2. The van der Waals surface area contributed by atoms with Gasteiger partial charge in [0, 0.05) is 6.20 Å². The molecule has 2 atom stereocenters. The number of hydrogen-bond donors (Lipinski definition) is 2. The van der Waals surface area contributed by atoms with Crippen LogP contribution in [0, 0.1) is 0 Å². The molecule has 0 radical (unpaired) electrons. The van der Waals surface area contributed by atoms with Crippen LogP contribution in [0.5, 0.6) is 0 Å². The molecule has 190 valence electrons. The van der Waals surface area contributed by atoms with E-state index in [-0.39, 0.29) is 24.9 Å². The lowest BCUT2D eigenvalue weighted by Crippen LogP contribution is -2.29. The SMILES string of the molecule is CCCCCCCC/C=C/CCCCC/C=C/C(=O)Nc1ccn(C2COC(CO)O2)c(=O)n1. The first-order chi connectivity index (χ1) is 16.6. The average molecular weight is 476 g/mol. The van der Waals surface area contributed by atoms with Gasteiger partial charge in [0.05, 0.1) is 13.2 Å². The lowest BCUT2D eigenvalue weighted by molar-refractivity contribution is -0.111. The number of hydrogen-bond acceptors (Lipinski definition) is 6. The molecule has 1 aromatic rings. The van der Waals surface area contributed by atoms with E-state index in [1.165, 1.54) is 74.3 Å². The van der Waals surface area contributed by atoms with Gasteiger partial charge in [-0.2, -0.15) is 4.98 Å². The summed E-state index contributed by atoms with van der Waals surface area (Å²) in [7, 11) is 0. The Hall–Kier alpha value is -2.29. The number of anilines is 1. The van der Waals surface area contributed by atoms with Crippen LogP contribution in [0.1, 0.15) is 90.2 Å². The highest BCUT2D eigenvalue weighted by Crippen LogP contribution is 2.19. The summed E-state index contributed by atoms with van der Waals surface area (Å²) in [5.41, 5.74) is -0.560. The van der Waals surface area contributed by atoms with E-state index in [4.69, 9.17) is 14.6 Å².